The van der Waals surface area contributed by atoms with Crippen LogP contribution in [0.3, 0.4) is 0 Å². The number of rotatable bonds is 7. The first-order valence-corrected chi connectivity index (χ1v) is 6.58. The molecule has 1 fully saturated rings. The van der Waals surface area contributed by atoms with E-state index >= 15 is 0 Å². The summed E-state index contributed by atoms with van der Waals surface area (Å²) in [5.41, 5.74) is 0. The minimum Gasteiger partial charge on any atom is -0.355 e. The molecular weight excluding hydrogens is 222 g/mol. The monoisotopic (exact) mass is 239 g/mol. The van der Waals surface area contributed by atoms with Crippen LogP contribution in [0.15, 0.2) is 11.6 Å². The fraction of sp³-hybridized carbons (Fsp3) is 0.636. The Kier molecular flexibility index (Phi) is 4.30. The Balaban J connectivity index is 1.49. The average Bonchev–Trinajstić information content (AvgIpc) is 2.94. The standard InChI is InChI=1S/C11H17N3OS/c15-10(8-12-7-9-1-2-9)13-4-3-11-14-5-6-16-11/h5-6,9,12H,1-4,7-8H2,(H,13,15). The van der Waals surface area contributed by atoms with E-state index in [1.165, 1.54) is 12.8 Å². The van der Waals surface area contributed by atoms with Crippen LogP contribution in [0.2, 0.25) is 0 Å². The maximum atomic E-state index is 11.4. The van der Waals surface area contributed by atoms with Crippen molar-refractivity contribution in [1.82, 2.24) is 15.6 Å². The zero-order valence-corrected chi connectivity index (χ0v) is 10.1. The second-order valence-corrected chi connectivity index (χ2v) is 5.08. The van der Waals surface area contributed by atoms with Crippen LogP contribution in [0.4, 0.5) is 0 Å². The molecule has 1 heterocycles. The summed E-state index contributed by atoms with van der Waals surface area (Å²) in [6.45, 7) is 2.10. The Morgan fingerprint density at radius 2 is 2.44 bits per heavy atom. The molecule has 0 aliphatic heterocycles. The minimum absolute atomic E-state index is 0.0807. The number of hydrogen-bond acceptors (Lipinski definition) is 4. The number of carbonyl (C=O) groups excluding carboxylic acids is 1. The molecule has 1 aliphatic rings. The van der Waals surface area contributed by atoms with E-state index in [4.69, 9.17) is 0 Å². The largest absolute Gasteiger partial charge is 0.355 e. The van der Waals surface area contributed by atoms with Crippen LogP contribution >= 0.6 is 11.3 Å². The number of aromatic nitrogens is 1. The van der Waals surface area contributed by atoms with E-state index < -0.39 is 0 Å². The lowest BCUT2D eigenvalue weighted by atomic mass is 10.4. The Labute approximate surface area is 99.5 Å². The maximum Gasteiger partial charge on any atom is 0.233 e. The van der Waals surface area contributed by atoms with Gasteiger partial charge in [-0.2, -0.15) is 0 Å². The number of nitrogens with one attached hydrogen (secondary N) is 2. The van der Waals surface area contributed by atoms with Crippen LogP contribution < -0.4 is 10.6 Å². The molecular formula is C11H17N3OS. The average molecular weight is 239 g/mol. The maximum absolute atomic E-state index is 11.4. The Bertz CT molecular complexity index is 322. The predicted molar refractivity (Wildman–Crippen MR) is 64.4 cm³/mol. The molecule has 16 heavy (non-hydrogen) atoms. The van der Waals surface area contributed by atoms with Crippen LogP contribution in [0.25, 0.3) is 0 Å². The second kappa shape index (κ2) is 5.96. The van der Waals surface area contributed by atoms with Crippen LogP contribution in [0, 0.1) is 5.92 Å². The van der Waals surface area contributed by atoms with Gasteiger partial charge >= 0.3 is 0 Å². The Hall–Kier alpha value is -0.940. The van der Waals surface area contributed by atoms with Crippen LogP contribution in [-0.2, 0) is 11.2 Å². The lowest BCUT2D eigenvalue weighted by Gasteiger charge is -2.05. The molecule has 1 saturated carbocycles. The molecule has 0 aromatic carbocycles. The van der Waals surface area contributed by atoms with Crippen molar-refractivity contribution in [2.45, 2.75) is 19.3 Å². The third-order valence-electron chi connectivity index (χ3n) is 2.56. The SMILES string of the molecule is O=C(CNCC1CC1)NCCc1nccs1. The summed E-state index contributed by atoms with van der Waals surface area (Å²) in [4.78, 5) is 15.5. The Morgan fingerprint density at radius 1 is 1.56 bits per heavy atom. The van der Waals surface area contributed by atoms with Gasteiger partial charge in [0.2, 0.25) is 5.91 Å². The molecule has 0 spiro atoms. The molecule has 5 heteroatoms. The van der Waals surface area contributed by atoms with Crippen molar-refractivity contribution >= 4 is 17.2 Å². The number of nitrogens with zero attached hydrogens (tertiary/aromatic N) is 1. The highest BCUT2D eigenvalue weighted by molar-refractivity contribution is 7.09. The van der Waals surface area contributed by atoms with Crippen molar-refractivity contribution in [3.05, 3.63) is 16.6 Å². The van der Waals surface area contributed by atoms with Crippen molar-refractivity contribution in [1.29, 1.82) is 0 Å². The van der Waals surface area contributed by atoms with Crippen molar-refractivity contribution in [2.24, 2.45) is 5.92 Å². The van der Waals surface area contributed by atoms with Gasteiger partial charge in [-0.05, 0) is 25.3 Å². The number of carbonyl (C=O) groups is 1. The van der Waals surface area contributed by atoms with E-state index in [2.05, 4.69) is 15.6 Å². The van der Waals surface area contributed by atoms with E-state index in [1.54, 1.807) is 17.5 Å². The lowest BCUT2D eigenvalue weighted by Crippen LogP contribution is -2.35. The second-order valence-electron chi connectivity index (χ2n) is 4.10. The highest BCUT2D eigenvalue weighted by Crippen LogP contribution is 2.27. The summed E-state index contributed by atoms with van der Waals surface area (Å²) < 4.78 is 0. The zero-order valence-electron chi connectivity index (χ0n) is 9.24. The summed E-state index contributed by atoms with van der Waals surface area (Å²) in [6, 6.07) is 0. The molecule has 1 aromatic heterocycles. The Morgan fingerprint density at radius 3 is 3.12 bits per heavy atom. The molecule has 2 N–H and O–H groups in total. The van der Waals surface area contributed by atoms with Gasteiger partial charge in [-0.25, -0.2) is 4.98 Å². The fourth-order valence-electron chi connectivity index (χ4n) is 1.46. The topological polar surface area (TPSA) is 54.0 Å². The number of amides is 1. The van der Waals surface area contributed by atoms with Crippen molar-refractivity contribution in [3.63, 3.8) is 0 Å². The van der Waals surface area contributed by atoms with Crippen molar-refractivity contribution < 1.29 is 4.79 Å². The molecule has 0 bridgehead atoms. The quantitative estimate of drug-likeness (QED) is 0.740. The third kappa shape index (κ3) is 4.28. The lowest BCUT2D eigenvalue weighted by molar-refractivity contribution is -0.120. The first kappa shape index (κ1) is 11.5. The van der Waals surface area contributed by atoms with E-state index in [-0.39, 0.29) is 5.91 Å². The van der Waals surface area contributed by atoms with Gasteiger partial charge in [0.05, 0.1) is 11.6 Å². The minimum atomic E-state index is 0.0807. The zero-order chi connectivity index (χ0) is 11.2. The normalized spacial score (nSPS) is 15.0. The van der Waals surface area contributed by atoms with Crippen molar-refractivity contribution in [2.75, 3.05) is 19.6 Å². The van der Waals surface area contributed by atoms with Gasteiger partial charge in [0, 0.05) is 24.5 Å². The van der Waals surface area contributed by atoms with Crippen LogP contribution in [0.5, 0.6) is 0 Å². The van der Waals surface area contributed by atoms with E-state index in [1.807, 2.05) is 5.38 Å². The van der Waals surface area contributed by atoms with Gasteiger partial charge in [0.15, 0.2) is 0 Å². The molecule has 4 nitrogen and oxygen atoms in total. The van der Waals surface area contributed by atoms with Crippen LogP contribution in [-0.4, -0.2) is 30.5 Å². The number of hydrogen-bond donors (Lipinski definition) is 2. The van der Waals surface area contributed by atoms with Crippen molar-refractivity contribution in [3.8, 4) is 0 Å². The number of thiazole rings is 1. The highest BCUT2D eigenvalue weighted by atomic mass is 32.1. The van der Waals surface area contributed by atoms with Gasteiger partial charge in [-0.3, -0.25) is 4.79 Å². The first-order valence-electron chi connectivity index (χ1n) is 5.70. The van der Waals surface area contributed by atoms with Gasteiger partial charge < -0.3 is 10.6 Å². The molecule has 88 valence electrons. The fourth-order valence-corrected chi connectivity index (χ4v) is 2.08. The molecule has 1 aromatic rings. The summed E-state index contributed by atoms with van der Waals surface area (Å²) in [5.74, 6) is 0.903. The van der Waals surface area contributed by atoms with Gasteiger partial charge in [0.1, 0.15) is 0 Å². The van der Waals surface area contributed by atoms with E-state index in [0.29, 0.717) is 13.1 Å². The highest BCUT2D eigenvalue weighted by Gasteiger charge is 2.20. The van der Waals surface area contributed by atoms with Gasteiger partial charge in [0.25, 0.3) is 0 Å². The molecule has 1 aliphatic carbocycles. The molecule has 0 atom stereocenters. The molecule has 2 rings (SSSR count). The smallest absolute Gasteiger partial charge is 0.233 e. The predicted octanol–water partition coefficient (Wildman–Crippen LogP) is 0.801. The van der Waals surface area contributed by atoms with Crippen LogP contribution in [0.1, 0.15) is 17.8 Å². The molecule has 1 amide bonds. The van der Waals surface area contributed by atoms with Gasteiger partial charge in [-0.1, -0.05) is 0 Å². The summed E-state index contributed by atoms with van der Waals surface area (Å²) in [7, 11) is 0. The third-order valence-corrected chi connectivity index (χ3v) is 3.40. The van der Waals surface area contributed by atoms with E-state index in [9.17, 15) is 4.79 Å². The van der Waals surface area contributed by atoms with E-state index in [0.717, 1.165) is 23.9 Å². The first-order chi connectivity index (χ1) is 7.84. The summed E-state index contributed by atoms with van der Waals surface area (Å²) >= 11 is 1.63. The molecule has 0 radical (unpaired) electrons. The molecule has 0 unspecified atom stereocenters. The molecule has 0 saturated heterocycles. The summed E-state index contributed by atoms with van der Waals surface area (Å²) in [5, 5.41) is 9.07. The van der Waals surface area contributed by atoms with Gasteiger partial charge in [-0.15, -0.1) is 11.3 Å². The summed E-state index contributed by atoms with van der Waals surface area (Å²) in [6.07, 6.45) is 5.25.